The van der Waals surface area contributed by atoms with Crippen LogP contribution >= 0.6 is 11.6 Å². The van der Waals surface area contributed by atoms with Crippen molar-refractivity contribution in [2.24, 2.45) is 0 Å². The van der Waals surface area contributed by atoms with Crippen molar-refractivity contribution in [3.63, 3.8) is 0 Å². The lowest BCUT2D eigenvalue weighted by atomic mass is 10.1. The molecule has 2 rings (SSSR count). The minimum Gasteiger partial charge on any atom is -0.378 e. The van der Waals surface area contributed by atoms with Crippen LogP contribution in [0, 0.1) is 0 Å². The van der Waals surface area contributed by atoms with Crippen molar-refractivity contribution < 1.29 is 14.3 Å². The average Bonchev–Trinajstić information content (AvgIpc) is 2.53. The summed E-state index contributed by atoms with van der Waals surface area (Å²) in [5.41, 5.74) is 0.830. The fourth-order valence-corrected chi connectivity index (χ4v) is 2.50. The molecule has 1 fully saturated rings. The third-order valence-corrected chi connectivity index (χ3v) is 3.70. The molecule has 0 radical (unpaired) electrons. The predicted molar refractivity (Wildman–Crippen MR) is 89.9 cm³/mol. The summed E-state index contributed by atoms with van der Waals surface area (Å²) in [6, 6.07) is 4.82. The smallest absolute Gasteiger partial charge is 0.253 e. The summed E-state index contributed by atoms with van der Waals surface area (Å²) >= 11 is 5.99. The first-order chi connectivity index (χ1) is 11.1. The lowest BCUT2D eigenvalue weighted by molar-refractivity contribution is -0.117. The van der Waals surface area contributed by atoms with Gasteiger partial charge in [-0.15, -0.1) is 0 Å². The summed E-state index contributed by atoms with van der Waals surface area (Å²) in [5, 5.41) is 9.26. The van der Waals surface area contributed by atoms with Crippen molar-refractivity contribution in [3.8, 4) is 0 Å². The molecule has 1 heterocycles. The number of ether oxygens (including phenoxy) is 1. The molecule has 0 saturated carbocycles. The molecule has 23 heavy (non-hydrogen) atoms. The second-order valence-electron chi connectivity index (χ2n) is 5.42. The average molecular weight is 340 g/mol. The highest BCUT2D eigenvalue weighted by Crippen LogP contribution is 2.21. The number of benzene rings is 1. The van der Waals surface area contributed by atoms with Gasteiger partial charge in [-0.05, 0) is 24.6 Å². The molecule has 1 aliphatic rings. The Morgan fingerprint density at radius 1 is 1.43 bits per heavy atom. The van der Waals surface area contributed by atoms with E-state index in [1.54, 1.807) is 18.2 Å². The summed E-state index contributed by atoms with van der Waals surface area (Å²) < 4.78 is 5.33. The Kier molecular flexibility index (Phi) is 6.83. The molecular weight excluding hydrogens is 318 g/mol. The van der Waals surface area contributed by atoms with E-state index < -0.39 is 0 Å². The van der Waals surface area contributed by atoms with E-state index in [1.807, 2.05) is 6.92 Å². The number of anilines is 1. The number of hydrogen-bond acceptors (Lipinski definition) is 4. The first kappa shape index (κ1) is 17.7. The molecule has 1 aromatic carbocycles. The zero-order valence-corrected chi connectivity index (χ0v) is 13.9. The lowest BCUT2D eigenvalue weighted by Gasteiger charge is -2.23. The Morgan fingerprint density at radius 3 is 2.96 bits per heavy atom. The summed E-state index contributed by atoms with van der Waals surface area (Å²) in [4.78, 5) is 24.4. The van der Waals surface area contributed by atoms with Crippen LogP contribution in [0.5, 0.6) is 0 Å². The van der Waals surface area contributed by atoms with E-state index in [9.17, 15) is 9.59 Å². The number of carbonyl (C=O) groups excluding carboxylic acids is 2. The molecule has 126 valence electrons. The van der Waals surface area contributed by atoms with Gasteiger partial charge in [-0.1, -0.05) is 18.5 Å². The monoisotopic (exact) mass is 339 g/mol. The Morgan fingerprint density at radius 2 is 2.26 bits per heavy atom. The van der Waals surface area contributed by atoms with Gasteiger partial charge < -0.3 is 20.7 Å². The van der Waals surface area contributed by atoms with Crippen LogP contribution < -0.4 is 16.0 Å². The van der Waals surface area contributed by atoms with Gasteiger partial charge in [0.2, 0.25) is 5.91 Å². The molecule has 2 amide bonds. The molecule has 0 spiro atoms. The summed E-state index contributed by atoms with van der Waals surface area (Å²) in [5.74, 6) is -0.405. The number of amides is 2. The molecule has 0 aliphatic carbocycles. The highest BCUT2D eigenvalue weighted by atomic mass is 35.5. The second kappa shape index (κ2) is 8.86. The molecule has 3 N–H and O–H groups in total. The Balaban J connectivity index is 2.03. The Hall–Kier alpha value is -1.63. The van der Waals surface area contributed by atoms with Crippen LogP contribution in [-0.2, 0) is 9.53 Å². The Bertz CT molecular complexity index is 560. The third kappa shape index (κ3) is 5.49. The van der Waals surface area contributed by atoms with E-state index >= 15 is 0 Å². The van der Waals surface area contributed by atoms with E-state index in [2.05, 4.69) is 16.0 Å². The number of hydrogen-bond donors (Lipinski definition) is 3. The van der Waals surface area contributed by atoms with Crippen LogP contribution in [0.25, 0.3) is 0 Å². The topological polar surface area (TPSA) is 79.5 Å². The molecule has 1 saturated heterocycles. The van der Waals surface area contributed by atoms with Gasteiger partial charge >= 0.3 is 0 Å². The molecule has 6 nitrogen and oxygen atoms in total. The number of halogens is 1. The van der Waals surface area contributed by atoms with Gasteiger partial charge in [0.05, 0.1) is 24.5 Å². The molecule has 0 aromatic heterocycles. The van der Waals surface area contributed by atoms with Gasteiger partial charge in [0, 0.05) is 30.6 Å². The van der Waals surface area contributed by atoms with Crippen LogP contribution in [0.2, 0.25) is 5.02 Å². The standard InChI is InChI=1S/C16H22ClN3O3/c1-2-5-19-16(22)13-4-3-11(17)8-14(13)20-15(21)9-12-10-23-7-6-18-12/h3-4,8,12,18H,2,5-7,9-10H2,1H3,(H,19,22)(H,20,21). The normalized spacial score (nSPS) is 17.6. The molecule has 1 aliphatic heterocycles. The number of carbonyl (C=O) groups is 2. The minimum absolute atomic E-state index is 0.0136. The van der Waals surface area contributed by atoms with Crippen molar-refractivity contribution in [3.05, 3.63) is 28.8 Å². The van der Waals surface area contributed by atoms with Gasteiger partial charge in [-0.25, -0.2) is 0 Å². The van der Waals surface area contributed by atoms with E-state index in [0.717, 1.165) is 13.0 Å². The highest BCUT2D eigenvalue weighted by Gasteiger charge is 2.19. The fraction of sp³-hybridized carbons (Fsp3) is 0.500. The van der Waals surface area contributed by atoms with Crippen LogP contribution in [0.4, 0.5) is 5.69 Å². The van der Waals surface area contributed by atoms with Gasteiger partial charge in [-0.3, -0.25) is 9.59 Å². The van der Waals surface area contributed by atoms with Crippen LogP contribution in [0.3, 0.4) is 0 Å². The van der Waals surface area contributed by atoms with Gasteiger partial charge in [-0.2, -0.15) is 0 Å². The first-order valence-electron chi connectivity index (χ1n) is 7.79. The van der Waals surface area contributed by atoms with Crippen LogP contribution in [0.1, 0.15) is 30.1 Å². The first-order valence-corrected chi connectivity index (χ1v) is 8.16. The number of rotatable bonds is 6. The zero-order valence-electron chi connectivity index (χ0n) is 13.2. The maximum atomic E-state index is 12.2. The summed E-state index contributed by atoms with van der Waals surface area (Å²) in [6.45, 7) is 4.46. The van der Waals surface area contributed by atoms with Gasteiger partial charge in [0.1, 0.15) is 0 Å². The molecule has 1 atom stereocenters. The molecule has 7 heteroatoms. The van der Waals surface area contributed by atoms with Crippen molar-refractivity contribution in [1.82, 2.24) is 10.6 Å². The number of morpholine rings is 1. The number of nitrogens with one attached hydrogen (secondary N) is 3. The van der Waals surface area contributed by atoms with E-state index in [1.165, 1.54) is 0 Å². The predicted octanol–water partition coefficient (Wildman–Crippen LogP) is 1.80. The van der Waals surface area contributed by atoms with E-state index in [-0.39, 0.29) is 24.3 Å². The largest absolute Gasteiger partial charge is 0.378 e. The SMILES string of the molecule is CCCNC(=O)c1ccc(Cl)cc1NC(=O)CC1COCCN1. The quantitative estimate of drug-likeness (QED) is 0.738. The van der Waals surface area contributed by atoms with Crippen molar-refractivity contribution >= 4 is 29.1 Å². The van der Waals surface area contributed by atoms with Crippen molar-refractivity contribution in [2.75, 3.05) is 31.6 Å². The lowest BCUT2D eigenvalue weighted by Crippen LogP contribution is -2.43. The van der Waals surface area contributed by atoms with Crippen molar-refractivity contribution in [1.29, 1.82) is 0 Å². The molecule has 1 aromatic rings. The summed E-state index contributed by atoms with van der Waals surface area (Å²) in [7, 11) is 0. The van der Waals surface area contributed by atoms with Crippen molar-refractivity contribution in [2.45, 2.75) is 25.8 Å². The summed E-state index contributed by atoms with van der Waals surface area (Å²) in [6.07, 6.45) is 1.12. The van der Waals surface area contributed by atoms with Gasteiger partial charge in [0.25, 0.3) is 5.91 Å². The maximum absolute atomic E-state index is 12.2. The second-order valence-corrected chi connectivity index (χ2v) is 5.86. The van der Waals surface area contributed by atoms with Crippen LogP contribution in [-0.4, -0.2) is 44.2 Å². The maximum Gasteiger partial charge on any atom is 0.253 e. The zero-order chi connectivity index (χ0) is 16.7. The van der Waals surface area contributed by atoms with Gasteiger partial charge in [0.15, 0.2) is 0 Å². The van der Waals surface area contributed by atoms with E-state index in [4.69, 9.17) is 16.3 Å². The highest BCUT2D eigenvalue weighted by molar-refractivity contribution is 6.31. The Labute approximate surface area is 140 Å². The molecule has 1 unspecified atom stereocenters. The minimum atomic E-state index is -0.224. The molecular formula is C16H22ClN3O3. The van der Waals surface area contributed by atoms with E-state index in [0.29, 0.717) is 36.0 Å². The molecule has 0 bridgehead atoms. The third-order valence-electron chi connectivity index (χ3n) is 3.47. The van der Waals surface area contributed by atoms with Crippen LogP contribution in [0.15, 0.2) is 18.2 Å². The fourth-order valence-electron chi connectivity index (χ4n) is 2.33.